The number of carbonyl (C=O) groups is 1. The number of nitrogens with one attached hydrogen (secondary N) is 5. The van der Waals surface area contributed by atoms with Gasteiger partial charge >= 0.3 is 6.03 Å². The summed E-state index contributed by atoms with van der Waals surface area (Å²) in [6.07, 6.45) is 4.00. The van der Waals surface area contributed by atoms with E-state index in [4.69, 9.17) is 5.11 Å². The summed E-state index contributed by atoms with van der Waals surface area (Å²) in [4.78, 5) is 12.2. The molecule has 1 aliphatic heterocycles. The van der Waals surface area contributed by atoms with Crippen molar-refractivity contribution in [2.24, 2.45) is 11.8 Å². The Balaban J connectivity index is 1.75. The number of amides is 2. The second-order valence-corrected chi connectivity index (χ2v) is 7.22. The van der Waals surface area contributed by atoms with Crippen molar-refractivity contribution in [1.29, 1.82) is 0 Å². The Labute approximate surface area is 139 Å². The normalized spacial score (nSPS) is 38.1. The Bertz CT molecular complexity index is 381. The van der Waals surface area contributed by atoms with Gasteiger partial charge in [0.2, 0.25) is 0 Å². The lowest BCUT2D eigenvalue weighted by Crippen LogP contribution is -2.68. The highest BCUT2D eigenvalue weighted by Gasteiger charge is 2.28. The van der Waals surface area contributed by atoms with Gasteiger partial charge in [0.25, 0.3) is 0 Å². The van der Waals surface area contributed by atoms with E-state index in [0.29, 0.717) is 12.5 Å². The van der Waals surface area contributed by atoms with Crippen LogP contribution >= 0.6 is 0 Å². The molecule has 1 heterocycles. The monoisotopic (exact) mass is 327 g/mol. The lowest BCUT2D eigenvalue weighted by Gasteiger charge is -2.37. The summed E-state index contributed by atoms with van der Waals surface area (Å²) in [7, 11) is 0. The molecule has 1 aliphatic carbocycles. The molecular weight excluding hydrogens is 294 g/mol. The first-order chi connectivity index (χ1) is 11.0. The molecule has 2 amide bonds. The Morgan fingerprint density at radius 1 is 1.09 bits per heavy atom. The molecule has 7 heteroatoms. The second-order valence-electron chi connectivity index (χ2n) is 7.22. The van der Waals surface area contributed by atoms with Crippen molar-refractivity contribution in [3.63, 3.8) is 0 Å². The van der Waals surface area contributed by atoms with Crippen molar-refractivity contribution in [2.75, 3.05) is 13.2 Å². The zero-order valence-corrected chi connectivity index (χ0v) is 14.6. The van der Waals surface area contributed by atoms with E-state index in [1.165, 1.54) is 6.42 Å². The van der Waals surface area contributed by atoms with Gasteiger partial charge in [-0.1, -0.05) is 13.8 Å². The van der Waals surface area contributed by atoms with Crippen molar-refractivity contribution in [1.82, 2.24) is 26.6 Å². The largest absolute Gasteiger partial charge is 0.395 e. The number of aliphatic hydroxyl groups is 1. The first-order valence-electron chi connectivity index (χ1n) is 8.91. The van der Waals surface area contributed by atoms with E-state index in [2.05, 4.69) is 47.4 Å². The molecule has 6 unspecified atom stereocenters. The maximum atomic E-state index is 12.2. The first-order valence-corrected chi connectivity index (χ1v) is 8.91. The molecule has 0 aromatic rings. The average molecular weight is 327 g/mol. The quantitative estimate of drug-likeness (QED) is 0.436. The smallest absolute Gasteiger partial charge is 0.317 e. The molecule has 0 radical (unpaired) electrons. The zero-order chi connectivity index (χ0) is 16.8. The second kappa shape index (κ2) is 8.82. The summed E-state index contributed by atoms with van der Waals surface area (Å²) in [6, 6.07) is 0.426. The van der Waals surface area contributed by atoms with E-state index in [-0.39, 0.29) is 37.2 Å². The van der Waals surface area contributed by atoms with Gasteiger partial charge in [0.15, 0.2) is 0 Å². The third kappa shape index (κ3) is 5.91. The number of rotatable bonds is 5. The Kier molecular flexibility index (Phi) is 7.08. The summed E-state index contributed by atoms with van der Waals surface area (Å²) in [5, 5.41) is 24.8. The molecule has 23 heavy (non-hydrogen) atoms. The lowest BCUT2D eigenvalue weighted by atomic mass is 9.79. The SMILES string of the molecule is CC1CC(NCCO)NC(NC(=O)NC2CCC(C)C(C)C2)N1. The topological polar surface area (TPSA) is 97.5 Å². The van der Waals surface area contributed by atoms with Crippen LogP contribution in [-0.4, -0.2) is 48.8 Å². The molecule has 1 saturated carbocycles. The number of aliphatic hydroxyl groups excluding tert-OH is 1. The van der Waals surface area contributed by atoms with Gasteiger partial charge in [0.05, 0.1) is 12.8 Å². The number of carbonyl (C=O) groups excluding carboxylic acids is 1. The summed E-state index contributed by atoms with van der Waals surface area (Å²) < 4.78 is 0. The molecule has 0 spiro atoms. The highest BCUT2D eigenvalue weighted by atomic mass is 16.3. The van der Waals surface area contributed by atoms with E-state index in [0.717, 1.165) is 25.2 Å². The maximum Gasteiger partial charge on any atom is 0.317 e. The minimum absolute atomic E-state index is 0.0826. The fourth-order valence-electron chi connectivity index (χ4n) is 3.52. The predicted molar refractivity (Wildman–Crippen MR) is 90.6 cm³/mol. The van der Waals surface area contributed by atoms with E-state index >= 15 is 0 Å². The van der Waals surface area contributed by atoms with Gasteiger partial charge in [0, 0.05) is 18.6 Å². The van der Waals surface area contributed by atoms with E-state index in [9.17, 15) is 4.79 Å². The van der Waals surface area contributed by atoms with Gasteiger partial charge in [-0.25, -0.2) is 4.79 Å². The number of hydrogen-bond acceptors (Lipinski definition) is 5. The molecule has 6 atom stereocenters. The van der Waals surface area contributed by atoms with Crippen LogP contribution in [0, 0.1) is 11.8 Å². The maximum absolute atomic E-state index is 12.2. The molecule has 0 aromatic carbocycles. The number of hydrogen-bond donors (Lipinski definition) is 6. The van der Waals surface area contributed by atoms with Crippen molar-refractivity contribution >= 4 is 6.03 Å². The molecule has 2 aliphatic rings. The average Bonchev–Trinajstić information content (AvgIpc) is 2.48. The molecule has 134 valence electrons. The Morgan fingerprint density at radius 2 is 1.87 bits per heavy atom. The Hall–Kier alpha value is -0.890. The van der Waals surface area contributed by atoms with Crippen molar-refractivity contribution in [3.05, 3.63) is 0 Å². The molecule has 0 aromatic heterocycles. The van der Waals surface area contributed by atoms with Crippen LogP contribution < -0.4 is 26.6 Å². The van der Waals surface area contributed by atoms with Crippen molar-refractivity contribution < 1.29 is 9.90 Å². The van der Waals surface area contributed by atoms with Crippen molar-refractivity contribution in [3.8, 4) is 0 Å². The molecule has 2 rings (SSSR count). The minimum Gasteiger partial charge on any atom is -0.395 e. The van der Waals surface area contributed by atoms with E-state index < -0.39 is 0 Å². The third-order valence-electron chi connectivity index (χ3n) is 5.12. The van der Waals surface area contributed by atoms with Crippen LogP contribution in [0.2, 0.25) is 0 Å². The van der Waals surface area contributed by atoms with Crippen LogP contribution in [0.3, 0.4) is 0 Å². The molecular formula is C16H33N5O2. The lowest BCUT2D eigenvalue weighted by molar-refractivity contribution is 0.173. The van der Waals surface area contributed by atoms with Crippen LogP contribution in [0.15, 0.2) is 0 Å². The van der Waals surface area contributed by atoms with Gasteiger partial charge in [-0.3, -0.25) is 16.0 Å². The van der Waals surface area contributed by atoms with E-state index in [1.807, 2.05) is 0 Å². The minimum atomic E-state index is -0.269. The van der Waals surface area contributed by atoms with Crippen molar-refractivity contribution in [2.45, 2.75) is 71.0 Å². The number of urea groups is 1. The van der Waals surface area contributed by atoms with E-state index in [1.54, 1.807) is 0 Å². The van der Waals surface area contributed by atoms with Crippen LogP contribution in [0.1, 0.15) is 46.5 Å². The fourth-order valence-corrected chi connectivity index (χ4v) is 3.52. The van der Waals surface area contributed by atoms with Crippen LogP contribution in [0.5, 0.6) is 0 Å². The third-order valence-corrected chi connectivity index (χ3v) is 5.12. The molecule has 7 nitrogen and oxygen atoms in total. The van der Waals surface area contributed by atoms with Gasteiger partial charge < -0.3 is 15.7 Å². The molecule has 1 saturated heterocycles. The van der Waals surface area contributed by atoms with Crippen LogP contribution in [0.4, 0.5) is 4.79 Å². The standard InChI is InChI=1S/C16H33N5O2/c1-10-4-5-13(8-11(10)2)19-16(23)21-15-18-12(3)9-14(20-15)17-6-7-22/h10-15,17-18,20,22H,4-9H2,1-3H3,(H2,19,21,23). The van der Waals surface area contributed by atoms with Gasteiger partial charge in [-0.2, -0.15) is 0 Å². The molecule has 2 fully saturated rings. The summed E-state index contributed by atoms with van der Waals surface area (Å²) in [5.74, 6) is 1.41. The fraction of sp³-hybridized carbons (Fsp3) is 0.938. The van der Waals surface area contributed by atoms with Crippen LogP contribution in [0.25, 0.3) is 0 Å². The summed E-state index contributed by atoms with van der Waals surface area (Å²) in [6.45, 7) is 7.29. The molecule has 0 bridgehead atoms. The van der Waals surface area contributed by atoms with Gasteiger partial charge in [-0.15, -0.1) is 0 Å². The van der Waals surface area contributed by atoms with Gasteiger partial charge in [0.1, 0.15) is 6.29 Å². The predicted octanol–water partition coefficient (Wildman–Crippen LogP) is 0.273. The summed E-state index contributed by atoms with van der Waals surface area (Å²) >= 11 is 0. The van der Waals surface area contributed by atoms with Gasteiger partial charge in [-0.05, 0) is 44.4 Å². The molecule has 6 N–H and O–H groups in total. The Morgan fingerprint density at radius 3 is 2.57 bits per heavy atom. The zero-order valence-electron chi connectivity index (χ0n) is 14.6. The highest BCUT2D eigenvalue weighted by molar-refractivity contribution is 5.74. The van der Waals surface area contributed by atoms with Crippen LogP contribution in [-0.2, 0) is 0 Å². The highest BCUT2D eigenvalue weighted by Crippen LogP contribution is 2.29. The first kappa shape index (κ1) is 18.4. The summed E-state index contributed by atoms with van der Waals surface area (Å²) in [5.41, 5.74) is 0.